The summed E-state index contributed by atoms with van der Waals surface area (Å²) in [5.74, 6) is -0.776. The first-order valence-corrected chi connectivity index (χ1v) is 14.6. The minimum Gasteiger partial charge on any atom is -0.458 e. The first kappa shape index (κ1) is 36.5. The Labute approximate surface area is 248 Å². The first-order chi connectivity index (χ1) is 20.0. The van der Waals surface area contributed by atoms with Crippen molar-refractivity contribution in [3.05, 3.63) is 23.8 Å². The van der Waals surface area contributed by atoms with Crippen molar-refractivity contribution in [3.8, 4) is 11.5 Å². The van der Waals surface area contributed by atoms with Crippen LogP contribution in [0.2, 0.25) is 0 Å². The summed E-state index contributed by atoms with van der Waals surface area (Å²) in [4.78, 5) is 48.8. The summed E-state index contributed by atoms with van der Waals surface area (Å²) < 4.78 is 36.1. The molecule has 0 aliphatic carbocycles. The highest BCUT2D eigenvalue weighted by Crippen LogP contribution is 2.30. The lowest BCUT2D eigenvalue weighted by Gasteiger charge is -2.19. The predicted molar refractivity (Wildman–Crippen MR) is 153 cm³/mol. The largest absolute Gasteiger partial charge is 0.513 e. The Morgan fingerprint density at radius 1 is 0.738 bits per heavy atom. The summed E-state index contributed by atoms with van der Waals surface area (Å²) in [6, 6.07) is 3.29. The second-order valence-corrected chi connectivity index (χ2v) is 10.3. The van der Waals surface area contributed by atoms with Gasteiger partial charge in [-0.15, -0.1) is 0 Å². The number of hydrogen-bond acceptors (Lipinski definition) is 12. The van der Waals surface area contributed by atoms with Gasteiger partial charge in [0.05, 0.1) is 13.2 Å². The molecule has 0 saturated carbocycles. The molecule has 1 rings (SSSR count). The fourth-order valence-electron chi connectivity index (χ4n) is 3.26. The van der Waals surface area contributed by atoms with E-state index in [-0.39, 0.29) is 49.8 Å². The molecule has 0 aliphatic rings. The van der Waals surface area contributed by atoms with Gasteiger partial charge in [0, 0.05) is 0 Å². The Kier molecular flexibility index (Phi) is 17.7. The van der Waals surface area contributed by atoms with Gasteiger partial charge >= 0.3 is 24.4 Å². The van der Waals surface area contributed by atoms with Crippen LogP contribution in [0.3, 0.4) is 0 Å². The molecular formula is C30H47NO11. The molecule has 0 aromatic heterocycles. The molecule has 0 aliphatic heterocycles. The van der Waals surface area contributed by atoms with Crippen LogP contribution in [0.1, 0.15) is 85.6 Å². The zero-order valence-corrected chi connectivity index (χ0v) is 25.7. The molecule has 0 bridgehead atoms. The molecule has 2 N–H and O–H groups in total. The molecule has 0 spiro atoms. The fourth-order valence-corrected chi connectivity index (χ4v) is 3.26. The molecule has 0 amide bonds. The van der Waals surface area contributed by atoms with Crippen molar-refractivity contribution >= 4 is 24.4 Å². The Morgan fingerprint density at radius 3 is 1.86 bits per heavy atom. The van der Waals surface area contributed by atoms with Crippen molar-refractivity contribution < 1.29 is 52.3 Å². The second-order valence-electron chi connectivity index (χ2n) is 10.3. The van der Waals surface area contributed by atoms with Crippen LogP contribution in [0.4, 0.5) is 14.4 Å². The Balaban J connectivity index is 2.81. The summed E-state index contributed by atoms with van der Waals surface area (Å²) in [5, 5.41) is 0. The van der Waals surface area contributed by atoms with E-state index in [1.165, 1.54) is 12.1 Å². The normalized spacial score (nSPS) is 13.0. The molecule has 1 aromatic rings. The van der Waals surface area contributed by atoms with Crippen LogP contribution in [0.5, 0.6) is 11.5 Å². The highest BCUT2D eigenvalue weighted by atomic mass is 16.7. The predicted octanol–water partition coefficient (Wildman–Crippen LogP) is 6.10. The lowest BCUT2D eigenvalue weighted by Crippen LogP contribution is -2.37. The zero-order valence-electron chi connectivity index (χ0n) is 25.7. The summed E-state index contributed by atoms with van der Waals surface area (Å²) in [5.41, 5.74) is 6.54. The van der Waals surface area contributed by atoms with Gasteiger partial charge in [-0.2, -0.15) is 0 Å². The second kappa shape index (κ2) is 20.4. The van der Waals surface area contributed by atoms with Gasteiger partial charge in [-0.3, -0.25) is 4.79 Å². The van der Waals surface area contributed by atoms with E-state index in [1.807, 2.05) is 27.7 Å². The number of nitrogens with two attached hydrogens (primary N) is 1. The smallest absolute Gasteiger partial charge is 0.458 e. The number of unbranched alkanes of at least 4 members (excludes halogenated alkanes) is 4. The molecule has 0 heterocycles. The minimum absolute atomic E-state index is 0.00398. The van der Waals surface area contributed by atoms with E-state index in [2.05, 4.69) is 0 Å². The van der Waals surface area contributed by atoms with Gasteiger partial charge in [-0.05, 0) is 56.7 Å². The quantitative estimate of drug-likeness (QED) is 0.0898. The number of rotatable bonds is 18. The Bertz CT molecular complexity index is 982. The molecule has 12 heteroatoms. The number of carbonyl (C=O) groups excluding carboxylic acids is 4. The highest BCUT2D eigenvalue weighted by molar-refractivity contribution is 5.76. The summed E-state index contributed by atoms with van der Waals surface area (Å²) >= 11 is 0. The van der Waals surface area contributed by atoms with Crippen LogP contribution in [0.25, 0.3) is 0 Å². The maximum atomic E-state index is 12.6. The van der Waals surface area contributed by atoms with Crippen LogP contribution < -0.4 is 15.2 Å². The van der Waals surface area contributed by atoms with E-state index < -0.39 is 36.6 Å². The first-order valence-electron chi connectivity index (χ1n) is 14.6. The van der Waals surface area contributed by atoms with Crippen molar-refractivity contribution in [2.45, 2.75) is 105 Å². The average Bonchev–Trinajstić information content (AvgIpc) is 2.93. The SMILES string of the molecule is CCCCCOC(=O)Oc1ccc(C[C@H](N)C(=O)O[C@@H](C)COC(=O)OC(C)C(C)C)cc1OC(=O)OCCCCC. The molecular weight excluding hydrogens is 550 g/mol. The van der Waals surface area contributed by atoms with Crippen LogP contribution in [0.15, 0.2) is 18.2 Å². The van der Waals surface area contributed by atoms with Gasteiger partial charge in [0.2, 0.25) is 0 Å². The highest BCUT2D eigenvalue weighted by Gasteiger charge is 2.23. The number of carbonyl (C=O) groups is 4. The topological polar surface area (TPSA) is 159 Å². The van der Waals surface area contributed by atoms with Crippen LogP contribution in [0, 0.1) is 5.92 Å². The van der Waals surface area contributed by atoms with Crippen molar-refractivity contribution in [2.24, 2.45) is 11.7 Å². The van der Waals surface area contributed by atoms with Crippen LogP contribution in [-0.4, -0.2) is 62.5 Å². The van der Waals surface area contributed by atoms with Crippen molar-refractivity contribution in [1.29, 1.82) is 0 Å². The lowest BCUT2D eigenvalue weighted by atomic mass is 10.1. The molecule has 0 radical (unpaired) electrons. The minimum atomic E-state index is -1.09. The maximum absolute atomic E-state index is 12.6. The molecule has 12 nitrogen and oxygen atoms in total. The number of ether oxygens (including phenoxy) is 7. The number of benzene rings is 1. The molecule has 1 unspecified atom stereocenters. The lowest BCUT2D eigenvalue weighted by molar-refractivity contribution is -0.152. The van der Waals surface area contributed by atoms with E-state index in [9.17, 15) is 19.2 Å². The van der Waals surface area contributed by atoms with Crippen molar-refractivity contribution in [1.82, 2.24) is 0 Å². The van der Waals surface area contributed by atoms with Gasteiger partial charge in [0.15, 0.2) is 11.5 Å². The summed E-state index contributed by atoms with van der Waals surface area (Å²) in [6.45, 7) is 11.3. The van der Waals surface area contributed by atoms with Gasteiger partial charge in [-0.25, -0.2) is 14.4 Å². The van der Waals surface area contributed by atoms with Crippen molar-refractivity contribution in [3.63, 3.8) is 0 Å². The van der Waals surface area contributed by atoms with Gasteiger partial charge < -0.3 is 38.9 Å². The van der Waals surface area contributed by atoms with Crippen molar-refractivity contribution in [2.75, 3.05) is 19.8 Å². The zero-order chi connectivity index (χ0) is 31.5. The van der Waals surface area contributed by atoms with E-state index in [4.69, 9.17) is 38.9 Å². The molecule has 238 valence electrons. The third-order valence-corrected chi connectivity index (χ3v) is 6.06. The Hall–Kier alpha value is -3.54. The molecule has 42 heavy (non-hydrogen) atoms. The van der Waals surface area contributed by atoms with Gasteiger partial charge in [-0.1, -0.05) is 59.4 Å². The summed E-state index contributed by atoms with van der Waals surface area (Å²) in [7, 11) is 0. The Morgan fingerprint density at radius 2 is 1.31 bits per heavy atom. The molecule has 3 atom stereocenters. The molecule has 0 saturated heterocycles. The maximum Gasteiger partial charge on any atom is 0.513 e. The molecule has 1 aromatic carbocycles. The third-order valence-electron chi connectivity index (χ3n) is 6.06. The van der Waals surface area contributed by atoms with Crippen LogP contribution in [-0.2, 0) is 34.9 Å². The summed E-state index contributed by atoms with van der Waals surface area (Å²) in [6.07, 6.45) is 1.22. The number of esters is 1. The molecule has 0 fully saturated rings. The third kappa shape index (κ3) is 15.5. The monoisotopic (exact) mass is 597 g/mol. The average molecular weight is 598 g/mol. The van der Waals surface area contributed by atoms with Crippen LogP contribution >= 0.6 is 0 Å². The van der Waals surface area contributed by atoms with Gasteiger partial charge in [0.1, 0.15) is 24.9 Å². The number of hydrogen-bond donors (Lipinski definition) is 1. The van der Waals surface area contributed by atoms with E-state index in [0.717, 1.165) is 25.7 Å². The van der Waals surface area contributed by atoms with E-state index in [0.29, 0.717) is 18.4 Å². The van der Waals surface area contributed by atoms with E-state index in [1.54, 1.807) is 19.9 Å². The fraction of sp³-hybridized carbons (Fsp3) is 0.667. The standard InChI is InChI=1S/C30H47NO11/c1-7-9-11-15-36-28(33)41-25-14-13-23(18-26(25)42-29(34)37-16-12-10-8-2)17-24(31)27(32)39-21(5)19-38-30(35)40-22(6)20(3)4/h13-14,18,20-22,24H,7-12,15-17,19,31H2,1-6H3/t21-,22?,24-/m0/s1. The van der Waals surface area contributed by atoms with E-state index >= 15 is 0 Å². The van der Waals surface area contributed by atoms with Gasteiger partial charge in [0.25, 0.3) is 0 Å².